The molecule has 1 aromatic carbocycles. The van der Waals surface area contributed by atoms with Gasteiger partial charge in [0.05, 0.1) is 12.1 Å². The van der Waals surface area contributed by atoms with Crippen molar-refractivity contribution in [2.24, 2.45) is 7.05 Å². The van der Waals surface area contributed by atoms with Gasteiger partial charge in [0.15, 0.2) is 17.3 Å². The Labute approximate surface area is 183 Å². The summed E-state index contributed by atoms with van der Waals surface area (Å²) in [5.74, 6) is -0.390. The van der Waals surface area contributed by atoms with E-state index in [1.807, 2.05) is 13.8 Å². The predicted molar refractivity (Wildman–Crippen MR) is 111 cm³/mol. The zero-order valence-electron chi connectivity index (χ0n) is 18.1. The smallest absolute Gasteiger partial charge is 0.296 e. The van der Waals surface area contributed by atoms with Crippen LogP contribution in [0.1, 0.15) is 48.0 Å². The number of hydrogen-bond donors (Lipinski definition) is 1. The molecule has 0 unspecified atom stereocenters. The minimum Gasteiger partial charge on any atom is -0.501 e. The van der Waals surface area contributed by atoms with E-state index in [0.717, 1.165) is 5.56 Å². The first-order valence-electron chi connectivity index (χ1n) is 10.3. The van der Waals surface area contributed by atoms with E-state index < -0.39 is 22.6 Å². The van der Waals surface area contributed by atoms with Gasteiger partial charge in [-0.3, -0.25) is 19.1 Å². The number of aromatic hydroxyl groups is 1. The average molecular weight is 441 g/mol. The number of carbonyl (C=O) groups excluding carboxylic acids is 1. The molecule has 0 spiro atoms. The first kappa shape index (κ1) is 21.8. The first-order chi connectivity index (χ1) is 15.2. The molecule has 3 aromatic rings. The molecule has 168 valence electrons. The Morgan fingerprint density at radius 1 is 1.22 bits per heavy atom. The van der Waals surface area contributed by atoms with Gasteiger partial charge in [-0.1, -0.05) is 12.1 Å². The highest BCUT2D eigenvalue weighted by Gasteiger charge is 2.39. The van der Waals surface area contributed by atoms with Gasteiger partial charge in [0, 0.05) is 26.6 Å². The molecule has 10 nitrogen and oxygen atoms in total. The molecule has 1 N–H and O–H groups in total. The van der Waals surface area contributed by atoms with Gasteiger partial charge in [0.2, 0.25) is 5.75 Å². The van der Waals surface area contributed by atoms with E-state index in [-0.39, 0.29) is 17.9 Å². The van der Waals surface area contributed by atoms with Gasteiger partial charge in [0.1, 0.15) is 11.6 Å². The molecule has 4 rings (SSSR count). The Morgan fingerprint density at radius 3 is 2.59 bits per heavy atom. The van der Waals surface area contributed by atoms with Crippen molar-refractivity contribution in [2.75, 3.05) is 6.54 Å². The minimum absolute atomic E-state index is 0.0316. The Hall–Kier alpha value is -3.47. The van der Waals surface area contributed by atoms with E-state index in [0.29, 0.717) is 37.7 Å². The number of fused-ring (bicyclic) bond motifs is 1. The molecule has 0 saturated heterocycles. The molecule has 0 fully saturated rings. The second-order valence-electron chi connectivity index (χ2n) is 8.34. The zero-order valence-corrected chi connectivity index (χ0v) is 18.1. The summed E-state index contributed by atoms with van der Waals surface area (Å²) in [5.41, 5.74) is -0.812. The van der Waals surface area contributed by atoms with Gasteiger partial charge in [-0.2, -0.15) is 0 Å². The lowest BCUT2D eigenvalue weighted by atomic mass is 9.97. The van der Waals surface area contributed by atoms with Gasteiger partial charge in [0.25, 0.3) is 5.56 Å². The Kier molecular flexibility index (Phi) is 5.59. The summed E-state index contributed by atoms with van der Waals surface area (Å²) in [6.07, 6.45) is 0.372. The standard InChI is InChI=1S/C21H24FN7O3/c1-21(2)20-23-17(15(30)9-6-13-4-7-14(22)8-5-13)18(31)19(32)29(20)11-10-28(21)12-16-24-25-26-27(16)3/h4-5,7-8,31H,6,9-12H2,1-3H3. The number of halogens is 1. The largest absolute Gasteiger partial charge is 0.501 e. The molecule has 0 atom stereocenters. The van der Waals surface area contributed by atoms with Crippen LogP contribution in [-0.2, 0) is 32.1 Å². The number of benzene rings is 1. The van der Waals surface area contributed by atoms with Gasteiger partial charge in [-0.15, -0.1) is 5.10 Å². The molecular weight excluding hydrogens is 417 g/mol. The second kappa shape index (κ2) is 8.23. The molecular formula is C21H24FN7O3. The van der Waals surface area contributed by atoms with Crippen molar-refractivity contribution in [3.8, 4) is 5.75 Å². The van der Waals surface area contributed by atoms with Crippen LogP contribution in [-0.4, -0.2) is 52.1 Å². The molecule has 1 aliphatic heterocycles. The summed E-state index contributed by atoms with van der Waals surface area (Å²) in [7, 11) is 1.75. The Balaban J connectivity index is 1.62. The van der Waals surface area contributed by atoms with Crippen molar-refractivity contribution in [3.05, 3.63) is 63.3 Å². The van der Waals surface area contributed by atoms with E-state index in [1.54, 1.807) is 23.9 Å². The summed E-state index contributed by atoms with van der Waals surface area (Å²) < 4.78 is 16.1. The normalized spacial score (nSPS) is 15.5. The van der Waals surface area contributed by atoms with Crippen LogP contribution in [0.25, 0.3) is 0 Å². The molecule has 0 saturated carbocycles. The number of rotatable bonds is 6. The Morgan fingerprint density at radius 2 is 1.94 bits per heavy atom. The number of aromatic nitrogens is 6. The van der Waals surface area contributed by atoms with E-state index in [1.165, 1.54) is 16.7 Å². The van der Waals surface area contributed by atoms with Gasteiger partial charge < -0.3 is 5.11 Å². The van der Waals surface area contributed by atoms with Crippen molar-refractivity contribution in [3.63, 3.8) is 0 Å². The summed E-state index contributed by atoms with van der Waals surface area (Å²) >= 11 is 0. The topological polar surface area (TPSA) is 119 Å². The van der Waals surface area contributed by atoms with Crippen LogP contribution in [0.5, 0.6) is 5.75 Å². The van der Waals surface area contributed by atoms with Gasteiger partial charge in [-0.05, 0) is 48.4 Å². The maximum absolute atomic E-state index is 13.1. The molecule has 3 heterocycles. The first-order valence-corrected chi connectivity index (χ1v) is 10.3. The number of tetrazole rings is 1. The summed E-state index contributed by atoms with van der Waals surface area (Å²) in [4.78, 5) is 32.2. The van der Waals surface area contributed by atoms with Crippen molar-refractivity contribution in [1.82, 2.24) is 34.7 Å². The number of hydrogen-bond acceptors (Lipinski definition) is 8. The van der Waals surface area contributed by atoms with Crippen LogP contribution in [0.2, 0.25) is 0 Å². The minimum atomic E-state index is -0.719. The third-order valence-corrected chi connectivity index (χ3v) is 5.93. The highest BCUT2D eigenvalue weighted by Crippen LogP contribution is 2.31. The van der Waals surface area contributed by atoms with E-state index >= 15 is 0 Å². The van der Waals surface area contributed by atoms with Crippen molar-refractivity contribution >= 4 is 5.78 Å². The lowest BCUT2D eigenvalue weighted by Gasteiger charge is -2.42. The fraction of sp³-hybridized carbons (Fsp3) is 0.429. The van der Waals surface area contributed by atoms with Crippen molar-refractivity contribution in [2.45, 2.75) is 45.3 Å². The maximum Gasteiger partial charge on any atom is 0.296 e. The Bertz CT molecular complexity index is 1220. The molecule has 32 heavy (non-hydrogen) atoms. The SMILES string of the molecule is Cn1nnnc1CN1CCn2c(nc(C(=O)CCc3ccc(F)cc3)c(O)c2=O)C1(C)C. The van der Waals surface area contributed by atoms with Gasteiger partial charge >= 0.3 is 0 Å². The number of ketones is 1. The van der Waals surface area contributed by atoms with E-state index in [9.17, 15) is 19.1 Å². The van der Waals surface area contributed by atoms with Crippen molar-refractivity contribution < 1.29 is 14.3 Å². The number of aryl methyl sites for hydroxylation is 2. The molecule has 0 amide bonds. The summed E-state index contributed by atoms with van der Waals surface area (Å²) in [6, 6.07) is 5.84. The quantitative estimate of drug-likeness (QED) is 0.567. The monoisotopic (exact) mass is 441 g/mol. The molecule has 0 bridgehead atoms. The fourth-order valence-corrected chi connectivity index (χ4v) is 3.91. The fourth-order valence-electron chi connectivity index (χ4n) is 3.91. The molecule has 1 aliphatic rings. The molecule has 2 aromatic heterocycles. The van der Waals surface area contributed by atoms with E-state index in [4.69, 9.17) is 0 Å². The second-order valence-corrected chi connectivity index (χ2v) is 8.34. The maximum atomic E-state index is 13.1. The van der Waals surface area contributed by atoms with Crippen LogP contribution in [0.4, 0.5) is 4.39 Å². The van der Waals surface area contributed by atoms with Crippen LogP contribution in [0.15, 0.2) is 29.1 Å². The lowest BCUT2D eigenvalue weighted by molar-refractivity contribution is 0.0613. The number of carbonyl (C=O) groups is 1. The number of nitrogens with zero attached hydrogens (tertiary/aromatic N) is 7. The highest BCUT2D eigenvalue weighted by atomic mass is 19.1. The molecule has 0 aliphatic carbocycles. The van der Waals surface area contributed by atoms with Crippen LogP contribution in [0, 0.1) is 5.82 Å². The highest BCUT2D eigenvalue weighted by molar-refractivity contribution is 5.96. The van der Waals surface area contributed by atoms with Crippen LogP contribution < -0.4 is 5.56 Å². The summed E-state index contributed by atoms with van der Waals surface area (Å²) in [6.45, 7) is 5.07. The number of Topliss-reactive ketones (excluding diaryl/α,β-unsaturated/α-hetero) is 1. The average Bonchev–Trinajstić information content (AvgIpc) is 3.16. The summed E-state index contributed by atoms with van der Waals surface area (Å²) in [5, 5.41) is 22.0. The van der Waals surface area contributed by atoms with Crippen molar-refractivity contribution in [1.29, 1.82) is 0 Å². The third-order valence-electron chi connectivity index (χ3n) is 5.93. The molecule has 11 heteroatoms. The van der Waals surface area contributed by atoms with Crippen LogP contribution in [0.3, 0.4) is 0 Å². The zero-order chi connectivity index (χ0) is 23.0. The molecule has 0 radical (unpaired) electrons. The van der Waals surface area contributed by atoms with Gasteiger partial charge in [-0.25, -0.2) is 14.1 Å². The predicted octanol–water partition coefficient (Wildman–Crippen LogP) is 1.18. The van der Waals surface area contributed by atoms with E-state index in [2.05, 4.69) is 25.4 Å². The lowest BCUT2D eigenvalue weighted by Crippen LogP contribution is -2.52. The third kappa shape index (κ3) is 3.91. The van der Waals surface area contributed by atoms with Crippen LogP contribution >= 0.6 is 0 Å².